The molecule has 8 N–H and O–H groups in total. The van der Waals surface area contributed by atoms with Crippen molar-refractivity contribution >= 4 is 11.9 Å². The van der Waals surface area contributed by atoms with Crippen LogP contribution in [-0.2, 0) is 4.79 Å². The largest absolute Gasteiger partial charge is 0.370 e. The molecule has 0 aliphatic heterocycles. The van der Waals surface area contributed by atoms with Crippen LogP contribution in [-0.4, -0.2) is 44.1 Å². The van der Waals surface area contributed by atoms with Crippen molar-refractivity contribution in [2.24, 2.45) is 22.2 Å². The van der Waals surface area contributed by atoms with Crippen molar-refractivity contribution in [1.82, 2.24) is 10.6 Å². The SMILES string of the molecule is CCCCCNCCCNC(=O)C(N)CCCN=C(N)N. The molecule has 1 amide bonds. The van der Waals surface area contributed by atoms with Crippen LogP contribution in [0.25, 0.3) is 0 Å². The number of guanidine groups is 1. The average molecular weight is 300 g/mol. The number of amides is 1. The molecule has 0 bridgehead atoms. The van der Waals surface area contributed by atoms with Crippen LogP contribution in [0.2, 0.25) is 0 Å². The minimum atomic E-state index is -0.489. The maximum Gasteiger partial charge on any atom is 0.236 e. The van der Waals surface area contributed by atoms with Crippen molar-refractivity contribution in [3.8, 4) is 0 Å². The number of rotatable bonds is 13. The molecule has 1 atom stereocenters. The molecule has 21 heavy (non-hydrogen) atoms. The standard InChI is InChI=1S/C14H32N6O/c1-2-3-4-8-18-9-6-11-19-13(21)12(15)7-5-10-20-14(16)17/h12,18H,2-11,15H2,1H3,(H,19,21)(H4,16,17,20). The van der Waals surface area contributed by atoms with Crippen molar-refractivity contribution in [2.45, 2.75) is 51.5 Å². The van der Waals surface area contributed by atoms with Crippen LogP contribution in [0.5, 0.6) is 0 Å². The van der Waals surface area contributed by atoms with Crippen LogP contribution in [0.3, 0.4) is 0 Å². The Kier molecular flexibility index (Phi) is 12.8. The Balaban J connectivity index is 3.45. The molecule has 0 saturated carbocycles. The van der Waals surface area contributed by atoms with Gasteiger partial charge in [0.25, 0.3) is 0 Å². The number of hydrogen-bond acceptors (Lipinski definition) is 4. The van der Waals surface area contributed by atoms with Crippen LogP contribution in [0.4, 0.5) is 0 Å². The van der Waals surface area contributed by atoms with E-state index in [-0.39, 0.29) is 11.9 Å². The molecule has 0 aromatic rings. The van der Waals surface area contributed by atoms with Gasteiger partial charge in [0.1, 0.15) is 0 Å². The molecular formula is C14H32N6O. The summed E-state index contributed by atoms with van der Waals surface area (Å²) >= 11 is 0. The summed E-state index contributed by atoms with van der Waals surface area (Å²) in [6.45, 7) is 5.32. The summed E-state index contributed by atoms with van der Waals surface area (Å²) in [6.07, 6.45) is 5.91. The summed E-state index contributed by atoms with van der Waals surface area (Å²) in [7, 11) is 0. The average Bonchev–Trinajstić information content (AvgIpc) is 2.45. The maximum absolute atomic E-state index is 11.7. The first-order valence-electron chi connectivity index (χ1n) is 7.87. The molecule has 0 spiro atoms. The highest BCUT2D eigenvalue weighted by Crippen LogP contribution is 1.95. The lowest BCUT2D eigenvalue weighted by Crippen LogP contribution is -2.41. The smallest absolute Gasteiger partial charge is 0.236 e. The molecule has 124 valence electrons. The van der Waals surface area contributed by atoms with Gasteiger partial charge >= 0.3 is 0 Å². The van der Waals surface area contributed by atoms with Gasteiger partial charge in [0.2, 0.25) is 5.91 Å². The van der Waals surface area contributed by atoms with E-state index in [1.165, 1.54) is 19.3 Å². The van der Waals surface area contributed by atoms with Gasteiger partial charge in [-0.2, -0.15) is 0 Å². The van der Waals surface area contributed by atoms with Crippen molar-refractivity contribution in [3.05, 3.63) is 0 Å². The summed E-state index contributed by atoms with van der Waals surface area (Å²) in [5.74, 6) is -0.0369. The third-order valence-electron chi connectivity index (χ3n) is 3.09. The van der Waals surface area contributed by atoms with Crippen molar-refractivity contribution < 1.29 is 4.79 Å². The van der Waals surface area contributed by atoms with E-state index in [1.54, 1.807) is 0 Å². The fourth-order valence-electron chi connectivity index (χ4n) is 1.83. The molecule has 7 heteroatoms. The van der Waals surface area contributed by atoms with Crippen LogP contribution < -0.4 is 27.8 Å². The molecule has 0 heterocycles. The Hall–Kier alpha value is -1.34. The first-order valence-corrected chi connectivity index (χ1v) is 7.87. The Labute approximate surface area is 128 Å². The topological polar surface area (TPSA) is 132 Å². The van der Waals surface area contributed by atoms with Gasteiger partial charge in [-0.05, 0) is 38.8 Å². The van der Waals surface area contributed by atoms with Gasteiger partial charge in [0.05, 0.1) is 6.04 Å². The summed E-state index contributed by atoms with van der Waals surface area (Å²) in [6, 6.07) is -0.489. The van der Waals surface area contributed by atoms with E-state index in [0.29, 0.717) is 25.9 Å². The summed E-state index contributed by atoms with van der Waals surface area (Å²) < 4.78 is 0. The molecule has 0 aromatic carbocycles. The van der Waals surface area contributed by atoms with E-state index < -0.39 is 6.04 Å². The van der Waals surface area contributed by atoms with Crippen LogP contribution in [0.1, 0.15) is 45.4 Å². The van der Waals surface area contributed by atoms with E-state index in [1.807, 2.05) is 0 Å². The third kappa shape index (κ3) is 13.4. The summed E-state index contributed by atoms with van der Waals surface area (Å²) in [4.78, 5) is 15.6. The van der Waals surface area contributed by atoms with Gasteiger partial charge in [-0.3, -0.25) is 9.79 Å². The number of carbonyl (C=O) groups is 1. The molecule has 0 aliphatic carbocycles. The first kappa shape index (κ1) is 19.7. The fraction of sp³-hybridized carbons (Fsp3) is 0.857. The van der Waals surface area contributed by atoms with Gasteiger partial charge < -0.3 is 27.8 Å². The Morgan fingerprint density at radius 2 is 1.81 bits per heavy atom. The Bertz CT molecular complexity index is 291. The van der Waals surface area contributed by atoms with Gasteiger partial charge in [-0.25, -0.2) is 0 Å². The quantitative estimate of drug-likeness (QED) is 0.180. The Morgan fingerprint density at radius 1 is 1.10 bits per heavy atom. The second kappa shape index (κ2) is 13.6. The number of nitrogens with one attached hydrogen (secondary N) is 2. The summed E-state index contributed by atoms with van der Waals surface area (Å²) in [5, 5.41) is 6.20. The highest BCUT2D eigenvalue weighted by atomic mass is 16.2. The molecule has 0 fully saturated rings. The lowest BCUT2D eigenvalue weighted by atomic mass is 10.1. The van der Waals surface area contributed by atoms with E-state index in [4.69, 9.17) is 17.2 Å². The second-order valence-corrected chi connectivity index (χ2v) is 5.16. The van der Waals surface area contributed by atoms with Crippen molar-refractivity contribution in [2.75, 3.05) is 26.2 Å². The van der Waals surface area contributed by atoms with Gasteiger partial charge in [-0.15, -0.1) is 0 Å². The zero-order chi connectivity index (χ0) is 15.9. The number of hydrogen-bond donors (Lipinski definition) is 5. The number of nitrogens with two attached hydrogens (primary N) is 3. The van der Waals surface area contributed by atoms with E-state index >= 15 is 0 Å². The number of unbranched alkanes of at least 4 members (excludes halogenated alkanes) is 2. The van der Waals surface area contributed by atoms with Crippen molar-refractivity contribution in [1.29, 1.82) is 0 Å². The predicted molar refractivity (Wildman–Crippen MR) is 87.9 cm³/mol. The maximum atomic E-state index is 11.7. The van der Waals surface area contributed by atoms with Crippen molar-refractivity contribution in [3.63, 3.8) is 0 Å². The minimum Gasteiger partial charge on any atom is -0.370 e. The number of aliphatic imine (C=N–C) groups is 1. The molecule has 7 nitrogen and oxygen atoms in total. The zero-order valence-electron chi connectivity index (χ0n) is 13.2. The highest BCUT2D eigenvalue weighted by molar-refractivity contribution is 5.81. The minimum absolute atomic E-state index is 0.0689. The summed E-state index contributed by atoms with van der Waals surface area (Å²) in [5.41, 5.74) is 16.2. The molecule has 0 radical (unpaired) electrons. The fourth-order valence-corrected chi connectivity index (χ4v) is 1.83. The van der Waals surface area contributed by atoms with E-state index in [2.05, 4.69) is 22.5 Å². The predicted octanol–water partition coefficient (Wildman–Crippen LogP) is -0.347. The lowest BCUT2D eigenvalue weighted by molar-refractivity contribution is -0.122. The van der Waals surface area contributed by atoms with Crippen LogP contribution in [0, 0.1) is 0 Å². The number of nitrogens with zero attached hydrogens (tertiary/aromatic N) is 1. The lowest BCUT2D eigenvalue weighted by Gasteiger charge is -2.11. The van der Waals surface area contributed by atoms with Crippen LogP contribution in [0.15, 0.2) is 4.99 Å². The molecule has 1 unspecified atom stereocenters. The molecular weight excluding hydrogens is 268 g/mol. The molecule has 0 aromatic heterocycles. The van der Waals surface area contributed by atoms with E-state index in [9.17, 15) is 4.79 Å². The van der Waals surface area contributed by atoms with Crippen LogP contribution >= 0.6 is 0 Å². The normalized spacial score (nSPS) is 11.9. The van der Waals surface area contributed by atoms with E-state index in [0.717, 1.165) is 19.5 Å². The molecule has 0 saturated heterocycles. The number of carbonyl (C=O) groups excluding carboxylic acids is 1. The first-order chi connectivity index (χ1) is 10.1. The van der Waals surface area contributed by atoms with Gasteiger partial charge in [0, 0.05) is 13.1 Å². The Morgan fingerprint density at radius 3 is 2.48 bits per heavy atom. The second-order valence-electron chi connectivity index (χ2n) is 5.16. The zero-order valence-corrected chi connectivity index (χ0v) is 13.2. The highest BCUT2D eigenvalue weighted by Gasteiger charge is 2.11. The molecule has 0 aliphatic rings. The third-order valence-corrected chi connectivity index (χ3v) is 3.09. The molecule has 0 rings (SSSR count). The van der Waals surface area contributed by atoms with Gasteiger partial charge in [0.15, 0.2) is 5.96 Å². The van der Waals surface area contributed by atoms with Gasteiger partial charge in [-0.1, -0.05) is 19.8 Å². The monoisotopic (exact) mass is 300 g/mol.